The summed E-state index contributed by atoms with van der Waals surface area (Å²) in [6.07, 6.45) is 7.99. The van der Waals surface area contributed by atoms with Crippen LogP contribution in [0.1, 0.15) is 35.3 Å². The van der Waals surface area contributed by atoms with E-state index in [2.05, 4.69) is 178 Å². The molecule has 0 bridgehead atoms. The SMILES string of the molecule is C1=CC(c2ccccc2)CC=C1c1cccc(C2=NC(n3c4ccccc4c4cc5c6ccccc6n(-c6ccccc6)c5cc43)N3CC23)c1. The van der Waals surface area contributed by atoms with Crippen LogP contribution in [0.4, 0.5) is 0 Å². The highest BCUT2D eigenvalue weighted by Crippen LogP contribution is 2.45. The normalized spacial score (nSPS) is 21.2. The number of hydrogen-bond donors (Lipinski definition) is 0. The molecule has 1 fully saturated rings. The van der Waals surface area contributed by atoms with Gasteiger partial charge in [-0.05, 0) is 71.1 Å². The Morgan fingerprint density at radius 1 is 0.560 bits per heavy atom. The molecule has 4 nitrogen and oxygen atoms in total. The van der Waals surface area contributed by atoms with Crippen molar-refractivity contribution >= 4 is 54.9 Å². The molecular formula is C46H34N4. The fraction of sp³-hybridized carbons (Fsp3) is 0.109. The lowest BCUT2D eigenvalue weighted by Crippen LogP contribution is -2.13. The van der Waals surface area contributed by atoms with Gasteiger partial charge in [0, 0.05) is 39.7 Å². The summed E-state index contributed by atoms with van der Waals surface area (Å²) >= 11 is 0. The summed E-state index contributed by atoms with van der Waals surface area (Å²) in [4.78, 5) is 8.07. The third-order valence-corrected chi connectivity index (χ3v) is 11.1. The molecular weight excluding hydrogens is 609 g/mol. The molecule has 4 atom stereocenters. The van der Waals surface area contributed by atoms with Crippen LogP contribution < -0.4 is 0 Å². The third kappa shape index (κ3) is 4.18. The Bertz CT molecular complexity index is 2730. The number of aromatic nitrogens is 2. The Labute approximate surface area is 290 Å². The highest BCUT2D eigenvalue weighted by molar-refractivity contribution is 6.19. The van der Waals surface area contributed by atoms with Gasteiger partial charge in [0.25, 0.3) is 0 Å². The Morgan fingerprint density at radius 2 is 1.26 bits per heavy atom. The maximum atomic E-state index is 5.53. The number of allylic oxidation sites excluding steroid dienone is 4. The number of nitrogens with zero attached hydrogens (tertiary/aromatic N) is 4. The molecule has 1 saturated heterocycles. The Hall–Kier alpha value is -5.97. The van der Waals surface area contributed by atoms with Gasteiger partial charge in [-0.3, -0.25) is 4.90 Å². The van der Waals surface area contributed by atoms with Gasteiger partial charge in [-0.1, -0.05) is 121 Å². The maximum Gasteiger partial charge on any atom is 0.184 e. The molecule has 0 radical (unpaired) electrons. The van der Waals surface area contributed by atoms with E-state index in [-0.39, 0.29) is 6.29 Å². The van der Waals surface area contributed by atoms with Gasteiger partial charge in [0.05, 0.1) is 33.8 Å². The van der Waals surface area contributed by atoms with Gasteiger partial charge in [-0.15, -0.1) is 0 Å². The van der Waals surface area contributed by atoms with Crippen LogP contribution in [0, 0.1) is 0 Å². The Morgan fingerprint density at radius 3 is 2.06 bits per heavy atom. The lowest BCUT2D eigenvalue weighted by molar-refractivity contribution is 0.340. The van der Waals surface area contributed by atoms with Crippen LogP contribution in [0.2, 0.25) is 0 Å². The number of hydrogen-bond acceptors (Lipinski definition) is 2. The predicted octanol–water partition coefficient (Wildman–Crippen LogP) is 10.7. The van der Waals surface area contributed by atoms with E-state index in [1.807, 2.05) is 0 Å². The van der Waals surface area contributed by atoms with Crippen LogP contribution in [-0.2, 0) is 0 Å². The minimum absolute atomic E-state index is 0.0894. The average molecular weight is 643 g/mol. The summed E-state index contributed by atoms with van der Waals surface area (Å²) < 4.78 is 4.90. The molecule has 0 N–H and O–H groups in total. The zero-order valence-electron chi connectivity index (χ0n) is 27.5. The number of rotatable bonds is 5. The third-order valence-electron chi connectivity index (χ3n) is 11.1. The van der Waals surface area contributed by atoms with Gasteiger partial charge in [0.15, 0.2) is 6.29 Å². The van der Waals surface area contributed by atoms with Crippen LogP contribution in [-0.4, -0.2) is 32.3 Å². The second kappa shape index (κ2) is 10.8. The zero-order chi connectivity index (χ0) is 32.8. The molecule has 4 heteroatoms. The first-order chi connectivity index (χ1) is 24.8. The summed E-state index contributed by atoms with van der Waals surface area (Å²) in [6, 6.07) is 53.4. The van der Waals surface area contributed by atoms with E-state index in [0.717, 1.165) is 13.0 Å². The summed E-state index contributed by atoms with van der Waals surface area (Å²) in [5.74, 6) is 0.435. The van der Waals surface area contributed by atoms with Gasteiger partial charge in [-0.25, -0.2) is 4.99 Å². The number of para-hydroxylation sites is 3. The van der Waals surface area contributed by atoms with Crippen molar-refractivity contribution in [3.8, 4) is 5.69 Å². The van der Waals surface area contributed by atoms with E-state index < -0.39 is 0 Å². The summed E-state index contributed by atoms with van der Waals surface area (Å²) in [5.41, 5.74) is 12.4. The number of benzene rings is 6. The van der Waals surface area contributed by atoms with Crippen molar-refractivity contribution in [1.29, 1.82) is 0 Å². The van der Waals surface area contributed by atoms with Gasteiger partial charge in [-0.2, -0.15) is 0 Å². The van der Waals surface area contributed by atoms with Crippen molar-refractivity contribution < 1.29 is 0 Å². The molecule has 0 saturated carbocycles. The smallest absolute Gasteiger partial charge is 0.184 e. The fourth-order valence-corrected chi connectivity index (χ4v) is 8.61. The topological polar surface area (TPSA) is 25.2 Å². The molecule has 238 valence electrons. The molecule has 50 heavy (non-hydrogen) atoms. The maximum absolute atomic E-state index is 5.53. The van der Waals surface area contributed by atoms with Crippen molar-refractivity contribution in [3.63, 3.8) is 0 Å². The molecule has 4 unspecified atom stereocenters. The highest BCUT2D eigenvalue weighted by Gasteiger charge is 2.50. The lowest BCUT2D eigenvalue weighted by Gasteiger charge is -2.17. The molecule has 6 aromatic carbocycles. The summed E-state index contributed by atoms with van der Waals surface area (Å²) in [5, 5.41) is 5.10. The first-order valence-corrected chi connectivity index (χ1v) is 17.7. The zero-order valence-corrected chi connectivity index (χ0v) is 27.5. The minimum atomic E-state index is -0.0894. The number of fused-ring (bicyclic) bond motifs is 7. The molecule has 2 aromatic heterocycles. The largest absolute Gasteiger partial charge is 0.309 e. The van der Waals surface area contributed by atoms with Gasteiger partial charge < -0.3 is 9.13 Å². The molecule has 0 amide bonds. The van der Waals surface area contributed by atoms with Crippen molar-refractivity contribution in [1.82, 2.24) is 14.0 Å². The van der Waals surface area contributed by atoms with E-state index in [1.54, 1.807) is 0 Å². The summed E-state index contributed by atoms with van der Waals surface area (Å²) in [6.45, 7) is 1.02. The van der Waals surface area contributed by atoms with E-state index in [0.29, 0.717) is 12.0 Å². The quantitative estimate of drug-likeness (QED) is 0.172. The molecule has 8 aromatic rings. The van der Waals surface area contributed by atoms with E-state index >= 15 is 0 Å². The summed E-state index contributed by atoms with van der Waals surface area (Å²) in [7, 11) is 0. The Kier molecular flexibility index (Phi) is 6.01. The molecule has 0 spiro atoms. The van der Waals surface area contributed by atoms with E-state index in [4.69, 9.17) is 4.99 Å². The number of aliphatic imine (C=N–C) groups is 1. The molecule has 2 aliphatic heterocycles. The average Bonchev–Trinajstić information content (AvgIpc) is 3.66. The van der Waals surface area contributed by atoms with Crippen LogP contribution in [0.3, 0.4) is 0 Å². The monoisotopic (exact) mass is 642 g/mol. The van der Waals surface area contributed by atoms with Gasteiger partial charge in [0.2, 0.25) is 0 Å². The van der Waals surface area contributed by atoms with E-state index in [1.165, 1.54) is 77.3 Å². The van der Waals surface area contributed by atoms with Crippen molar-refractivity contribution in [2.75, 3.05) is 6.54 Å². The van der Waals surface area contributed by atoms with Crippen molar-refractivity contribution in [3.05, 3.63) is 181 Å². The van der Waals surface area contributed by atoms with E-state index in [9.17, 15) is 0 Å². The van der Waals surface area contributed by atoms with Gasteiger partial charge >= 0.3 is 0 Å². The second-order valence-electron chi connectivity index (χ2n) is 13.9. The molecule has 4 heterocycles. The molecule has 1 aliphatic carbocycles. The van der Waals surface area contributed by atoms with Crippen molar-refractivity contribution in [2.24, 2.45) is 4.99 Å². The molecule has 11 rings (SSSR count). The second-order valence-corrected chi connectivity index (χ2v) is 13.9. The standard InChI is InChI=1S/C46H34N4/c1-3-12-30(13-4-1)31-22-24-32(25-23-31)33-14-11-15-34(26-33)45-44-29-48(44)46(47-45)50-41-21-10-8-19-37(41)39-27-38-36-18-7-9-20-40(36)49(42(38)28-43(39)50)35-16-5-2-6-17-35/h1-22,24-28,31,44,46H,23,29H2. The lowest BCUT2D eigenvalue weighted by atomic mass is 9.88. The first kappa shape index (κ1) is 27.9. The van der Waals surface area contributed by atoms with Crippen LogP contribution in [0.25, 0.3) is 54.9 Å². The fourth-order valence-electron chi connectivity index (χ4n) is 8.61. The predicted molar refractivity (Wildman–Crippen MR) is 207 cm³/mol. The minimum Gasteiger partial charge on any atom is -0.309 e. The molecule has 3 aliphatic rings. The first-order valence-electron chi connectivity index (χ1n) is 17.7. The van der Waals surface area contributed by atoms with Gasteiger partial charge in [0.1, 0.15) is 0 Å². The van der Waals surface area contributed by atoms with Crippen LogP contribution in [0.5, 0.6) is 0 Å². The van der Waals surface area contributed by atoms with Crippen molar-refractivity contribution in [2.45, 2.75) is 24.7 Å². The highest BCUT2D eigenvalue weighted by atomic mass is 15.5. The van der Waals surface area contributed by atoms with Crippen LogP contribution in [0.15, 0.2) is 169 Å². The van der Waals surface area contributed by atoms with Crippen LogP contribution >= 0.6 is 0 Å². The Balaban J connectivity index is 1.03.